The SMILES string of the molecule is CC(=O)N1CC2(CCCCC2)c2cc(C(=O)N3CCN(Cc4ccc(Cl)cc4)CC3)ccc21. The van der Waals surface area contributed by atoms with Gasteiger partial charge in [-0.1, -0.05) is 43.0 Å². The minimum Gasteiger partial charge on any atom is -0.336 e. The summed E-state index contributed by atoms with van der Waals surface area (Å²) in [7, 11) is 0. The molecule has 5 rings (SSSR count). The number of benzene rings is 2. The molecule has 2 aromatic rings. The summed E-state index contributed by atoms with van der Waals surface area (Å²) in [4.78, 5) is 32.0. The third-order valence-corrected chi connectivity index (χ3v) is 7.99. The van der Waals surface area contributed by atoms with Crippen molar-refractivity contribution in [1.29, 1.82) is 0 Å². The lowest BCUT2D eigenvalue weighted by atomic mass is 9.70. The number of hydrogen-bond acceptors (Lipinski definition) is 3. The van der Waals surface area contributed by atoms with E-state index in [9.17, 15) is 9.59 Å². The molecule has 0 bridgehead atoms. The van der Waals surface area contributed by atoms with Gasteiger partial charge in [-0.15, -0.1) is 0 Å². The van der Waals surface area contributed by atoms with E-state index in [1.807, 2.05) is 34.1 Å². The van der Waals surface area contributed by atoms with Crippen LogP contribution in [0.15, 0.2) is 42.5 Å². The van der Waals surface area contributed by atoms with E-state index >= 15 is 0 Å². The van der Waals surface area contributed by atoms with Crippen LogP contribution >= 0.6 is 11.6 Å². The Morgan fingerprint density at radius 1 is 0.939 bits per heavy atom. The first-order valence-electron chi connectivity index (χ1n) is 12.1. The fraction of sp³-hybridized carbons (Fsp3) is 0.481. The van der Waals surface area contributed by atoms with Crippen LogP contribution in [0.5, 0.6) is 0 Å². The standard InChI is InChI=1S/C27H32ClN3O2/c1-20(32)31-19-27(11-3-2-4-12-27)24-17-22(7-10-25(24)31)26(33)30-15-13-29(14-16-30)18-21-5-8-23(28)9-6-21/h5-10,17H,2-4,11-16,18-19H2,1H3. The summed E-state index contributed by atoms with van der Waals surface area (Å²) in [6.07, 6.45) is 5.85. The molecule has 0 atom stereocenters. The number of fused-ring (bicyclic) bond motifs is 2. The van der Waals surface area contributed by atoms with Gasteiger partial charge in [0.15, 0.2) is 0 Å². The molecular formula is C27H32ClN3O2. The third kappa shape index (κ3) is 4.41. The van der Waals surface area contributed by atoms with E-state index in [4.69, 9.17) is 11.6 Å². The van der Waals surface area contributed by atoms with Gasteiger partial charge in [-0.25, -0.2) is 0 Å². The van der Waals surface area contributed by atoms with Crippen LogP contribution in [0.2, 0.25) is 5.02 Å². The Labute approximate surface area is 201 Å². The molecule has 174 valence electrons. The highest BCUT2D eigenvalue weighted by Gasteiger charge is 2.44. The molecule has 1 spiro atoms. The molecule has 3 aliphatic rings. The summed E-state index contributed by atoms with van der Waals surface area (Å²) < 4.78 is 0. The molecule has 5 nitrogen and oxygen atoms in total. The lowest BCUT2D eigenvalue weighted by molar-refractivity contribution is -0.116. The topological polar surface area (TPSA) is 43.9 Å². The van der Waals surface area contributed by atoms with Gasteiger partial charge in [-0.05, 0) is 54.3 Å². The smallest absolute Gasteiger partial charge is 0.253 e. The highest BCUT2D eigenvalue weighted by atomic mass is 35.5. The molecule has 2 heterocycles. The van der Waals surface area contributed by atoms with E-state index in [2.05, 4.69) is 23.1 Å². The van der Waals surface area contributed by atoms with Crippen LogP contribution in [0.3, 0.4) is 0 Å². The monoisotopic (exact) mass is 465 g/mol. The molecule has 2 aromatic carbocycles. The van der Waals surface area contributed by atoms with E-state index < -0.39 is 0 Å². The molecule has 1 aliphatic carbocycles. The molecule has 6 heteroatoms. The highest BCUT2D eigenvalue weighted by molar-refractivity contribution is 6.30. The summed E-state index contributed by atoms with van der Waals surface area (Å²) in [6, 6.07) is 14.0. The van der Waals surface area contributed by atoms with Gasteiger partial charge in [-0.2, -0.15) is 0 Å². The number of rotatable bonds is 3. The number of hydrogen-bond donors (Lipinski definition) is 0. The largest absolute Gasteiger partial charge is 0.336 e. The minimum atomic E-state index is 0.0207. The fourth-order valence-corrected chi connectivity index (χ4v) is 6.00. The quantitative estimate of drug-likeness (QED) is 0.649. The Morgan fingerprint density at radius 3 is 2.30 bits per heavy atom. The van der Waals surface area contributed by atoms with Crippen molar-refractivity contribution in [2.24, 2.45) is 0 Å². The number of carbonyl (C=O) groups excluding carboxylic acids is 2. The number of halogens is 1. The van der Waals surface area contributed by atoms with E-state index in [0.29, 0.717) is 0 Å². The van der Waals surface area contributed by atoms with Crippen molar-refractivity contribution in [2.45, 2.75) is 51.0 Å². The average Bonchev–Trinajstić information content (AvgIpc) is 3.14. The zero-order valence-electron chi connectivity index (χ0n) is 19.4. The maximum absolute atomic E-state index is 13.4. The normalized spacial score (nSPS) is 20.2. The molecule has 2 aliphatic heterocycles. The van der Waals surface area contributed by atoms with Crippen LogP contribution in [0.1, 0.15) is 60.5 Å². The maximum Gasteiger partial charge on any atom is 0.253 e. The van der Waals surface area contributed by atoms with Crippen LogP contribution in [0.4, 0.5) is 5.69 Å². The van der Waals surface area contributed by atoms with Crippen LogP contribution < -0.4 is 4.90 Å². The molecule has 2 amide bonds. The lowest BCUT2D eigenvalue weighted by Gasteiger charge is -2.35. The van der Waals surface area contributed by atoms with E-state index in [-0.39, 0.29) is 17.2 Å². The van der Waals surface area contributed by atoms with E-state index in [1.165, 1.54) is 30.4 Å². The summed E-state index contributed by atoms with van der Waals surface area (Å²) >= 11 is 6.00. The summed E-state index contributed by atoms with van der Waals surface area (Å²) in [6.45, 7) is 6.47. The minimum absolute atomic E-state index is 0.0207. The molecule has 2 fully saturated rings. The summed E-state index contributed by atoms with van der Waals surface area (Å²) in [5, 5.41) is 0.755. The molecule has 0 unspecified atom stereocenters. The van der Waals surface area contributed by atoms with Crippen molar-refractivity contribution >= 4 is 29.1 Å². The number of amides is 2. The predicted molar refractivity (Wildman–Crippen MR) is 132 cm³/mol. The second-order valence-corrected chi connectivity index (χ2v) is 10.3. The first-order valence-corrected chi connectivity index (χ1v) is 12.5. The molecule has 33 heavy (non-hydrogen) atoms. The van der Waals surface area contributed by atoms with Crippen molar-refractivity contribution in [2.75, 3.05) is 37.6 Å². The zero-order valence-corrected chi connectivity index (χ0v) is 20.1. The van der Waals surface area contributed by atoms with Gasteiger partial charge >= 0.3 is 0 Å². The van der Waals surface area contributed by atoms with Crippen molar-refractivity contribution in [3.8, 4) is 0 Å². The van der Waals surface area contributed by atoms with Gasteiger partial charge in [0.25, 0.3) is 5.91 Å². The molecule has 0 N–H and O–H groups in total. The van der Waals surface area contributed by atoms with Gasteiger partial charge in [0.1, 0.15) is 0 Å². The van der Waals surface area contributed by atoms with Crippen molar-refractivity contribution in [3.05, 3.63) is 64.2 Å². The zero-order chi connectivity index (χ0) is 23.0. The first kappa shape index (κ1) is 22.4. The van der Waals surface area contributed by atoms with Crippen molar-refractivity contribution in [3.63, 3.8) is 0 Å². The van der Waals surface area contributed by atoms with E-state index in [0.717, 1.165) is 68.4 Å². The van der Waals surface area contributed by atoms with E-state index in [1.54, 1.807) is 6.92 Å². The Kier molecular flexibility index (Phi) is 6.19. The molecule has 1 saturated carbocycles. The Bertz CT molecular complexity index is 1040. The van der Waals surface area contributed by atoms with Crippen LogP contribution in [0, 0.1) is 0 Å². The maximum atomic E-state index is 13.4. The lowest BCUT2D eigenvalue weighted by Crippen LogP contribution is -2.48. The Morgan fingerprint density at radius 2 is 1.64 bits per heavy atom. The molecule has 1 saturated heterocycles. The van der Waals surface area contributed by atoms with Gasteiger partial charge in [0.2, 0.25) is 5.91 Å². The Hall–Kier alpha value is -2.37. The van der Waals surface area contributed by atoms with Crippen LogP contribution in [-0.2, 0) is 16.8 Å². The molecular weight excluding hydrogens is 434 g/mol. The van der Waals surface area contributed by atoms with Crippen LogP contribution in [0.25, 0.3) is 0 Å². The number of anilines is 1. The molecule has 0 radical (unpaired) electrons. The number of piperazine rings is 1. The van der Waals surface area contributed by atoms with Gasteiger partial charge in [0, 0.05) is 67.9 Å². The number of carbonyl (C=O) groups is 2. The Balaban J connectivity index is 1.29. The summed E-state index contributed by atoms with van der Waals surface area (Å²) in [5.74, 6) is 0.200. The first-order chi connectivity index (χ1) is 15.9. The third-order valence-electron chi connectivity index (χ3n) is 7.74. The predicted octanol–water partition coefficient (Wildman–Crippen LogP) is 4.87. The molecule has 0 aromatic heterocycles. The average molecular weight is 466 g/mol. The second kappa shape index (κ2) is 9.11. The van der Waals surface area contributed by atoms with Crippen molar-refractivity contribution < 1.29 is 9.59 Å². The number of nitrogens with zero attached hydrogens (tertiary/aromatic N) is 3. The summed E-state index contributed by atoms with van der Waals surface area (Å²) in [5.41, 5.74) is 4.24. The van der Waals surface area contributed by atoms with Gasteiger partial charge in [-0.3, -0.25) is 14.5 Å². The highest BCUT2D eigenvalue weighted by Crippen LogP contribution is 2.49. The van der Waals surface area contributed by atoms with Crippen molar-refractivity contribution in [1.82, 2.24) is 9.80 Å². The van der Waals surface area contributed by atoms with Gasteiger partial charge < -0.3 is 9.80 Å². The van der Waals surface area contributed by atoms with Crippen LogP contribution in [-0.4, -0.2) is 54.3 Å². The van der Waals surface area contributed by atoms with Gasteiger partial charge in [0.05, 0.1) is 0 Å². The second-order valence-electron chi connectivity index (χ2n) is 9.87. The fourth-order valence-electron chi connectivity index (χ4n) is 5.88.